The lowest BCUT2D eigenvalue weighted by atomic mass is 10.1. The molecule has 5 nitrogen and oxygen atoms in total. The molecule has 0 atom stereocenters. The van der Waals surface area contributed by atoms with Gasteiger partial charge in [-0.3, -0.25) is 4.79 Å². The minimum Gasteiger partial charge on any atom is -0.454 e. The molecule has 0 fully saturated rings. The van der Waals surface area contributed by atoms with E-state index in [-0.39, 0.29) is 12.7 Å². The van der Waals surface area contributed by atoms with Gasteiger partial charge in [-0.25, -0.2) is 0 Å². The minimum atomic E-state index is -0.180. The normalized spacial score (nSPS) is 12.3. The number of carbonyl (C=O) groups excluding carboxylic acids is 1. The summed E-state index contributed by atoms with van der Waals surface area (Å²) < 4.78 is 10.6. The van der Waals surface area contributed by atoms with Crippen LogP contribution in [-0.2, 0) is 0 Å². The van der Waals surface area contributed by atoms with E-state index in [9.17, 15) is 4.79 Å². The summed E-state index contributed by atoms with van der Waals surface area (Å²) in [6.07, 6.45) is 0. The average Bonchev–Trinajstić information content (AvgIpc) is 2.92. The predicted molar refractivity (Wildman–Crippen MR) is 80.9 cm³/mol. The Kier molecular flexibility index (Phi) is 3.17. The summed E-state index contributed by atoms with van der Waals surface area (Å²) in [4.78, 5) is 14.3. The predicted octanol–water partition coefficient (Wildman–Crippen LogP) is 2.58. The van der Waals surface area contributed by atoms with Crippen LogP contribution in [0.5, 0.6) is 11.5 Å². The second kappa shape index (κ2) is 5.01. The smallest absolute Gasteiger partial charge is 0.260 e. The van der Waals surface area contributed by atoms with Crippen molar-refractivity contribution >= 4 is 17.3 Å². The van der Waals surface area contributed by atoms with Crippen LogP contribution in [0, 0.1) is 6.92 Å². The van der Waals surface area contributed by atoms with Crippen LogP contribution in [0.3, 0.4) is 0 Å². The first-order valence-electron chi connectivity index (χ1n) is 6.60. The lowest BCUT2D eigenvalue weighted by molar-refractivity contribution is 0.0993. The van der Waals surface area contributed by atoms with Crippen molar-refractivity contribution in [2.24, 2.45) is 0 Å². The number of nitrogen functional groups attached to an aromatic ring is 1. The lowest BCUT2D eigenvalue weighted by Crippen LogP contribution is -2.27. The van der Waals surface area contributed by atoms with E-state index in [0.29, 0.717) is 22.7 Å². The van der Waals surface area contributed by atoms with Crippen molar-refractivity contribution in [3.63, 3.8) is 0 Å². The highest BCUT2D eigenvalue weighted by Crippen LogP contribution is 2.36. The van der Waals surface area contributed by atoms with Gasteiger partial charge in [-0.2, -0.15) is 0 Å². The van der Waals surface area contributed by atoms with Gasteiger partial charge in [-0.05, 0) is 24.6 Å². The van der Waals surface area contributed by atoms with Crippen LogP contribution in [0.1, 0.15) is 15.9 Å². The van der Waals surface area contributed by atoms with Gasteiger partial charge in [0.05, 0.1) is 5.56 Å². The summed E-state index contributed by atoms with van der Waals surface area (Å²) in [7, 11) is 1.73. The van der Waals surface area contributed by atoms with Gasteiger partial charge in [-0.1, -0.05) is 18.2 Å². The monoisotopic (exact) mass is 284 g/mol. The maximum atomic E-state index is 12.7. The fourth-order valence-corrected chi connectivity index (χ4v) is 2.37. The maximum absolute atomic E-state index is 12.7. The van der Waals surface area contributed by atoms with Crippen molar-refractivity contribution in [2.45, 2.75) is 6.92 Å². The summed E-state index contributed by atoms with van der Waals surface area (Å²) in [6, 6.07) is 11.0. The third kappa shape index (κ3) is 2.27. The van der Waals surface area contributed by atoms with E-state index in [2.05, 4.69) is 0 Å². The number of ether oxygens (including phenoxy) is 2. The van der Waals surface area contributed by atoms with Gasteiger partial charge in [0.15, 0.2) is 11.5 Å². The largest absolute Gasteiger partial charge is 0.454 e. The molecule has 21 heavy (non-hydrogen) atoms. The highest BCUT2D eigenvalue weighted by Gasteiger charge is 2.22. The molecule has 0 aliphatic carbocycles. The molecule has 1 aliphatic rings. The number of aryl methyl sites for hydroxylation is 1. The molecule has 0 spiro atoms. The first kappa shape index (κ1) is 13.3. The highest BCUT2D eigenvalue weighted by molar-refractivity contribution is 6.09. The lowest BCUT2D eigenvalue weighted by Gasteiger charge is -2.20. The van der Waals surface area contributed by atoms with E-state index < -0.39 is 0 Å². The van der Waals surface area contributed by atoms with E-state index >= 15 is 0 Å². The van der Waals surface area contributed by atoms with Gasteiger partial charge in [0.25, 0.3) is 5.91 Å². The van der Waals surface area contributed by atoms with Crippen LogP contribution in [-0.4, -0.2) is 19.7 Å². The van der Waals surface area contributed by atoms with Crippen LogP contribution >= 0.6 is 0 Å². The quantitative estimate of drug-likeness (QED) is 0.861. The van der Waals surface area contributed by atoms with Crippen molar-refractivity contribution in [3.8, 4) is 11.5 Å². The molecule has 2 aromatic carbocycles. The number of benzene rings is 2. The number of nitrogens with zero attached hydrogens (tertiary/aromatic N) is 1. The molecular weight excluding hydrogens is 268 g/mol. The van der Waals surface area contributed by atoms with Crippen molar-refractivity contribution in [1.82, 2.24) is 0 Å². The van der Waals surface area contributed by atoms with Crippen LogP contribution < -0.4 is 20.1 Å². The maximum Gasteiger partial charge on any atom is 0.260 e. The molecule has 1 amide bonds. The number of rotatable bonds is 2. The van der Waals surface area contributed by atoms with E-state index in [1.807, 2.05) is 31.2 Å². The molecule has 1 heterocycles. The topological polar surface area (TPSA) is 64.8 Å². The van der Waals surface area contributed by atoms with E-state index in [1.54, 1.807) is 24.1 Å². The Morgan fingerprint density at radius 3 is 2.57 bits per heavy atom. The molecule has 0 bridgehead atoms. The van der Waals surface area contributed by atoms with Crippen LogP contribution in [0.15, 0.2) is 36.4 Å². The Labute approximate surface area is 122 Å². The summed E-state index contributed by atoms with van der Waals surface area (Å²) >= 11 is 0. The molecule has 0 saturated heterocycles. The number of hydrogen-bond donors (Lipinski definition) is 1. The number of anilines is 2. The van der Waals surface area contributed by atoms with E-state index in [0.717, 1.165) is 11.3 Å². The Bertz CT molecular complexity index is 713. The first-order valence-corrected chi connectivity index (χ1v) is 6.60. The van der Waals surface area contributed by atoms with Crippen LogP contribution in [0.25, 0.3) is 0 Å². The van der Waals surface area contributed by atoms with Crippen molar-refractivity contribution in [3.05, 3.63) is 47.5 Å². The number of fused-ring (bicyclic) bond motifs is 1. The summed E-state index contributed by atoms with van der Waals surface area (Å²) in [6.45, 7) is 2.11. The van der Waals surface area contributed by atoms with Gasteiger partial charge in [0.2, 0.25) is 6.79 Å². The Balaban J connectivity index is 1.97. The van der Waals surface area contributed by atoms with Crippen molar-refractivity contribution in [1.29, 1.82) is 0 Å². The second-order valence-corrected chi connectivity index (χ2v) is 4.94. The SMILES string of the molecule is Cc1ccccc1N(C)C(=O)c1cc2c(cc1N)OCO2. The van der Waals surface area contributed by atoms with Gasteiger partial charge in [-0.15, -0.1) is 0 Å². The summed E-state index contributed by atoms with van der Waals surface area (Å²) in [5.41, 5.74) is 8.62. The van der Waals surface area contributed by atoms with E-state index in [4.69, 9.17) is 15.2 Å². The molecule has 108 valence electrons. The summed E-state index contributed by atoms with van der Waals surface area (Å²) in [5.74, 6) is 0.938. The third-order valence-electron chi connectivity index (χ3n) is 3.56. The molecule has 0 radical (unpaired) electrons. The Morgan fingerprint density at radius 2 is 1.86 bits per heavy atom. The third-order valence-corrected chi connectivity index (χ3v) is 3.56. The average molecular weight is 284 g/mol. The van der Waals surface area contributed by atoms with Crippen molar-refractivity contribution < 1.29 is 14.3 Å². The number of para-hydroxylation sites is 1. The van der Waals surface area contributed by atoms with Gasteiger partial charge in [0.1, 0.15) is 0 Å². The molecule has 2 aromatic rings. The Hall–Kier alpha value is -2.69. The van der Waals surface area contributed by atoms with Crippen molar-refractivity contribution in [2.75, 3.05) is 24.5 Å². The van der Waals surface area contributed by atoms with Crippen LogP contribution in [0.2, 0.25) is 0 Å². The number of amides is 1. The molecule has 5 heteroatoms. The molecular formula is C16H16N2O3. The number of hydrogen-bond acceptors (Lipinski definition) is 4. The molecule has 0 aromatic heterocycles. The van der Waals surface area contributed by atoms with Gasteiger partial charge >= 0.3 is 0 Å². The van der Waals surface area contributed by atoms with Gasteiger partial charge in [0, 0.05) is 24.5 Å². The standard InChI is InChI=1S/C16H16N2O3/c1-10-5-3-4-6-13(10)18(2)16(19)11-7-14-15(8-12(11)17)21-9-20-14/h3-8H,9,17H2,1-2H3. The second-order valence-electron chi connectivity index (χ2n) is 4.94. The molecule has 2 N–H and O–H groups in total. The molecule has 0 unspecified atom stereocenters. The fourth-order valence-electron chi connectivity index (χ4n) is 2.37. The molecule has 1 aliphatic heterocycles. The first-order chi connectivity index (χ1) is 10.1. The minimum absolute atomic E-state index is 0.153. The van der Waals surface area contributed by atoms with Crippen LogP contribution in [0.4, 0.5) is 11.4 Å². The Morgan fingerprint density at radius 1 is 1.19 bits per heavy atom. The molecule has 3 rings (SSSR count). The zero-order valence-corrected chi connectivity index (χ0v) is 11.9. The van der Waals surface area contributed by atoms with Gasteiger partial charge < -0.3 is 20.1 Å². The fraction of sp³-hybridized carbons (Fsp3) is 0.188. The number of nitrogens with two attached hydrogens (primary N) is 1. The van der Waals surface area contributed by atoms with E-state index in [1.165, 1.54) is 0 Å². The number of carbonyl (C=O) groups is 1. The molecule has 0 saturated carbocycles. The zero-order chi connectivity index (χ0) is 15.0. The zero-order valence-electron chi connectivity index (χ0n) is 11.9. The summed E-state index contributed by atoms with van der Waals surface area (Å²) in [5, 5.41) is 0. The highest BCUT2D eigenvalue weighted by atomic mass is 16.7.